The van der Waals surface area contributed by atoms with Crippen LogP contribution in [-0.2, 0) is 30.9 Å². The summed E-state index contributed by atoms with van der Waals surface area (Å²) in [5.74, 6) is 1.91. The minimum atomic E-state index is -0.0643. The van der Waals surface area contributed by atoms with Crippen LogP contribution >= 0.6 is 0 Å². The molecule has 0 aliphatic carbocycles. The maximum absolute atomic E-state index is 13.1. The van der Waals surface area contributed by atoms with E-state index in [4.69, 9.17) is 13.9 Å². The zero-order valence-electron chi connectivity index (χ0n) is 15.8. The van der Waals surface area contributed by atoms with Gasteiger partial charge in [-0.2, -0.15) is 0 Å². The Morgan fingerprint density at radius 1 is 1.11 bits per heavy atom. The van der Waals surface area contributed by atoms with Gasteiger partial charge in [-0.1, -0.05) is 42.5 Å². The van der Waals surface area contributed by atoms with Crippen LogP contribution in [0, 0.1) is 0 Å². The number of methoxy groups -OCH3 is 1. The topological polar surface area (TPSA) is 64.8 Å². The molecule has 1 aliphatic heterocycles. The SMILES string of the molecule is COCc1nc2c(o1)CCN(C(=O)c1ccccc1OCc1ccccc1)C2. The fourth-order valence-corrected chi connectivity index (χ4v) is 3.29. The number of amides is 1. The number of carbonyl (C=O) groups is 1. The van der Waals surface area contributed by atoms with Crippen LogP contribution in [0.25, 0.3) is 0 Å². The lowest BCUT2D eigenvalue weighted by atomic mass is 10.1. The molecule has 144 valence electrons. The van der Waals surface area contributed by atoms with E-state index in [1.807, 2.05) is 48.5 Å². The largest absolute Gasteiger partial charge is 0.488 e. The Labute approximate surface area is 163 Å². The highest BCUT2D eigenvalue weighted by Crippen LogP contribution is 2.25. The molecule has 0 saturated carbocycles. The van der Waals surface area contributed by atoms with Crippen LogP contribution in [0.15, 0.2) is 59.0 Å². The summed E-state index contributed by atoms with van der Waals surface area (Å²) in [5.41, 5.74) is 2.41. The van der Waals surface area contributed by atoms with Crippen molar-refractivity contribution in [2.45, 2.75) is 26.2 Å². The van der Waals surface area contributed by atoms with Crippen LogP contribution in [0.4, 0.5) is 0 Å². The van der Waals surface area contributed by atoms with Crippen molar-refractivity contribution in [1.82, 2.24) is 9.88 Å². The first-order valence-corrected chi connectivity index (χ1v) is 9.26. The summed E-state index contributed by atoms with van der Waals surface area (Å²) in [6.45, 7) is 1.75. The second kappa shape index (κ2) is 8.27. The van der Waals surface area contributed by atoms with Gasteiger partial charge < -0.3 is 18.8 Å². The summed E-state index contributed by atoms with van der Waals surface area (Å²) in [4.78, 5) is 19.4. The molecular weight excluding hydrogens is 356 g/mol. The highest BCUT2D eigenvalue weighted by Gasteiger charge is 2.27. The van der Waals surface area contributed by atoms with Crippen molar-refractivity contribution in [3.05, 3.63) is 83.1 Å². The molecule has 0 N–H and O–H groups in total. The highest BCUT2D eigenvalue weighted by atomic mass is 16.5. The van der Waals surface area contributed by atoms with Crippen LogP contribution in [0.5, 0.6) is 5.75 Å². The molecule has 1 aromatic heterocycles. The Hall–Kier alpha value is -3.12. The molecular formula is C22H22N2O4. The number of nitrogens with zero attached hydrogens (tertiary/aromatic N) is 2. The molecule has 2 aromatic carbocycles. The number of carbonyl (C=O) groups excluding carboxylic acids is 1. The number of oxazole rings is 1. The summed E-state index contributed by atoms with van der Waals surface area (Å²) in [7, 11) is 1.60. The first-order chi connectivity index (χ1) is 13.7. The lowest BCUT2D eigenvalue weighted by Gasteiger charge is -2.26. The zero-order valence-corrected chi connectivity index (χ0v) is 15.8. The Balaban J connectivity index is 1.49. The molecule has 0 atom stereocenters. The second-order valence-electron chi connectivity index (χ2n) is 6.66. The summed E-state index contributed by atoms with van der Waals surface area (Å²) < 4.78 is 16.7. The molecule has 6 heteroatoms. The highest BCUT2D eigenvalue weighted by molar-refractivity contribution is 5.97. The summed E-state index contributed by atoms with van der Waals surface area (Å²) in [6, 6.07) is 17.3. The van der Waals surface area contributed by atoms with Gasteiger partial charge in [0.05, 0.1) is 12.1 Å². The third kappa shape index (κ3) is 3.92. The number of fused-ring (bicyclic) bond motifs is 1. The van der Waals surface area contributed by atoms with Crippen molar-refractivity contribution >= 4 is 5.91 Å². The third-order valence-electron chi connectivity index (χ3n) is 4.68. The molecule has 0 fully saturated rings. The van der Waals surface area contributed by atoms with Crippen molar-refractivity contribution in [3.63, 3.8) is 0 Å². The van der Waals surface area contributed by atoms with Crippen LogP contribution in [0.2, 0.25) is 0 Å². The number of aromatic nitrogens is 1. The number of rotatable bonds is 6. The van der Waals surface area contributed by atoms with Gasteiger partial charge in [0.2, 0.25) is 5.89 Å². The van der Waals surface area contributed by atoms with Crippen LogP contribution in [-0.4, -0.2) is 29.4 Å². The van der Waals surface area contributed by atoms with Crippen LogP contribution in [0.3, 0.4) is 0 Å². The summed E-state index contributed by atoms with van der Waals surface area (Å²) in [5, 5.41) is 0. The molecule has 0 bridgehead atoms. The number of hydrogen-bond acceptors (Lipinski definition) is 5. The van der Waals surface area contributed by atoms with E-state index in [9.17, 15) is 4.79 Å². The Morgan fingerprint density at radius 2 is 1.89 bits per heavy atom. The summed E-state index contributed by atoms with van der Waals surface area (Å²) >= 11 is 0. The van der Waals surface area contributed by atoms with Crippen molar-refractivity contribution in [2.75, 3.05) is 13.7 Å². The smallest absolute Gasteiger partial charge is 0.257 e. The lowest BCUT2D eigenvalue weighted by molar-refractivity contribution is 0.0722. The molecule has 0 unspecified atom stereocenters. The number of para-hydroxylation sites is 1. The third-order valence-corrected chi connectivity index (χ3v) is 4.68. The van der Waals surface area contributed by atoms with Gasteiger partial charge in [0.25, 0.3) is 5.91 Å². The molecule has 0 spiro atoms. The Kier molecular flexibility index (Phi) is 5.39. The quantitative estimate of drug-likeness (QED) is 0.656. The number of benzene rings is 2. The first-order valence-electron chi connectivity index (χ1n) is 9.26. The lowest BCUT2D eigenvalue weighted by Crippen LogP contribution is -2.36. The molecule has 0 radical (unpaired) electrons. The van der Waals surface area contributed by atoms with Gasteiger partial charge >= 0.3 is 0 Å². The van der Waals surface area contributed by atoms with E-state index in [1.165, 1.54) is 0 Å². The van der Waals surface area contributed by atoms with E-state index in [0.29, 0.717) is 49.9 Å². The van der Waals surface area contributed by atoms with Crippen molar-refractivity contribution in [3.8, 4) is 5.75 Å². The van der Waals surface area contributed by atoms with Gasteiger partial charge in [-0.15, -0.1) is 0 Å². The van der Waals surface area contributed by atoms with E-state index in [-0.39, 0.29) is 5.91 Å². The monoisotopic (exact) mass is 378 g/mol. The van der Waals surface area contributed by atoms with E-state index in [1.54, 1.807) is 18.1 Å². The van der Waals surface area contributed by atoms with Crippen LogP contribution < -0.4 is 4.74 Å². The molecule has 3 aromatic rings. The van der Waals surface area contributed by atoms with Crippen molar-refractivity contribution in [1.29, 1.82) is 0 Å². The predicted octanol–water partition coefficient (Wildman–Crippen LogP) is 3.60. The number of ether oxygens (including phenoxy) is 2. The van der Waals surface area contributed by atoms with E-state index >= 15 is 0 Å². The number of hydrogen-bond donors (Lipinski definition) is 0. The minimum absolute atomic E-state index is 0.0643. The molecule has 4 rings (SSSR count). The van der Waals surface area contributed by atoms with Gasteiger partial charge in [0.1, 0.15) is 30.4 Å². The van der Waals surface area contributed by atoms with Gasteiger partial charge in [0.15, 0.2) is 0 Å². The normalized spacial score (nSPS) is 13.2. The fourth-order valence-electron chi connectivity index (χ4n) is 3.29. The van der Waals surface area contributed by atoms with Gasteiger partial charge in [0, 0.05) is 20.1 Å². The van der Waals surface area contributed by atoms with Gasteiger partial charge in [-0.05, 0) is 17.7 Å². The molecule has 6 nitrogen and oxygen atoms in total. The van der Waals surface area contributed by atoms with Crippen molar-refractivity contribution < 1.29 is 18.7 Å². The molecule has 2 heterocycles. The van der Waals surface area contributed by atoms with E-state index in [0.717, 1.165) is 17.0 Å². The fraction of sp³-hybridized carbons (Fsp3) is 0.273. The molecule has 0 saturated heterocycles. The maximum Gasteiger partial charge on any atom is 0.257 e. The molecule has 1 aliphatic rings. The Morgan fingerprint density at radius 3 is 2.71 bits per heavy atom. The van der Waals surface area contributed by atoms with Gasteiger partial charge in [-0.25, -0.2) is 4.98 Å². The van der Waals surface area contributed by atoms with Crippen molar-refractivity contribution in [2.24, 2.45) is 0 Å². The first kappa shape index (κ1) is 18.3. The zero-order chi connectivity index (χ0) is 19.3. The van der Waals surface area contributed by atoms with E-state index in [2.05, 4.69) is 4.98 Å². The Bertz CT molecular complexity index is 952. The summed E-state index contributed by atoms with van der Waals surface area (Å²) in [6.07, 6.45) is 0.644. The van der Waals surface area contributed by atoms with Crippen LogP contribution in [0.1, 0.15) is 33.3 Å². The van der Waals surface area contributed by atoms with E-state index < -0.39 is 0 Å². The average Bonchev–Trinajstić information content (AvgIpc) is 3.14. The molecule has 28 heavy (non-hydrogen) atoms. The maximum atomic E-state index is 13.1. The second-order valence-corrected chi connectivity index (χ2v) is 6.66. The molecule has 1 amide bonds. The predicted molar refractivity (Wildman–Crippen MR) is 103 cm³/mol. The minimum Gasteiger partial charge on any atom is -0.488 e. The average molecular weight is 378 g/mol. The van der Waals surface area contributed by atoms with Gasteiger partial charge in [-0.3, -0.25) is 4.79 Å². The standard InChI is InChI=1S/C22H22N2O4/c1-26-15-21-23-18-13-24(12-11-20(18)28-21)22(25)17-9-5-6-10-19(17)27-14-16-7-3-2-4-8-16/h2-10H,11-15H2,1H3.